The average molecular weight is 402 g/mol. The summed E-state index contributed by atoms with van der Waals surface area (Å²) in [4.78, 5) is 16.7. The molecule has 1 amide bonds. The molecule has 7 nitrogen and oxygen atoms in total. The molecule has 1 aromatic heterocycles. The molecule has 7 heteroatoms. The highest BCUT2D eigenvalue weighted by Gasteiger charge is 2.29. The van der Waals surface area contributed by atoms with Crippen molar-refractivity contribution in [3.8, 4) is 11.3 Å². The number of benzene rings is 1. The van der Waals surface area contributed by atoms with Gasteiger partial charge in [-0.25, -0.2) is 0 Å². The van der Waals surface area contributed by atoms with Crippen molar-refractivity contribution in [2.45, 2.75) is 38.8 Å². The van der Waals surface area contributed by atoms with Crippen LogP contribution < -0.4 is 4.90 Å². The van der Waals surface area contributed by atoms with Gasteiger partial charge in [0.15, 0.2) is 0 Å². The molecule has 2 aromatic rings. The number of piperidine rings is 1. The van der Waals surface area contributed by atoms with E-state index in [2.05, 4.69) is 17.0 Å². The summed E-state index contributed by atoms with van der Waals surface area (Å²) < 4.78 is 16.2. The second-order valence-electron chi connectivity index (χ2n) is 7.46. The van der Waals surface area contributed by atoms with Crippen molar-refractivity contribution in [2.24, 2.45) is 0 Å². The molecule has 0 N–H and O–H groups in total. The van der Waals surface area contributed by atoms with E-state index in [9.17, 15) is 4.79 Å². The minimum absolute atomic E-state index is 0.0329. The maximum absolute atomic E-state index is 12.7. The van der Waals surface area contributed by atoms with Gasteiger partial charge < -0.3 is 23.8 Å². The number of aromatic nitrogens is 1. The highest BCUT2D eigenvalue weighted by Crippen LogP contribution is 2.35. The molecule has 29 heavy (non-hydrogen) atoms. The van der Waals surface area contributed by atoms with Crippen molar-refractivity contribution in [3.05, 3.63) is 35.9 Å². The number of methoxy groups -OCH3 is 2. The molecule has 1 saturated heterocycles. The Balaban J connectivity index is 1.98. The first-order chi connectivity index (χ1) is 14.2. The van der Waals surface area contributed by atoms with E-state index in [0.29, 0.717) is 25.7 Å². The lowest BCUT2D eigenvalue weighted by Gasteiger charge is -2.34. The smallest absolute Gasteiger partial charge is 0.248 e. The second-order valence-corrected chi connectivity index (χ2v) is 7.46. The quantitative estimate of drug-likeness (QED) is 0.642. The van der Waals surface area contributed by atoms with Crippen LogP contribution in [-0.4, -0.2) is 62.5 Å². The molecule has 0 aliphatic carbocycles. The van der Waals surface area contributed by atoms with Crippen LogP contribution in [-0.2, 0) is 20.8 Å². The van der Waals surface area contributed by atoms with Gasteiger partial charge in [-0.05, 0) is 26.2 Å². The molecule has 1 atom stereocenters. The van der Waals surface area contributed by atoms with Gasteiger partial charge in [-0.3, -0.25) is 4.79 Å². The fourth-order valence-electron chi connectivity index (χ4n) is 3.79. The number of anilines is 1. The molecule has 0 bridgehead atoms. The molecule has 0 spiro atoms. The molecule has 3 rings (SSSR count). The van der Waals surface area contributed by atoms with Gasteiger partial charge in [-0.15, -0.1) is 0 Å². The summed E-state index contributed by atoms with van der Waals surface area (Å²) >= 11 is 0. The predicted molar refractivity (Wildman–Crippen MR) is 112 cm³/mol. The number of carbonyl (C=O) groups is 1. The highest BCUT2D eigenvalue weighted by atomic mass is 16.5. The molecular formula is C22H31N3O4. The number of hydrogen-bond donors (Lipinski definition) is 0. The average Bonchev–Trinajstić information content (AvgIpc) is 3.15. The third-order valence-corrected chi connectivity index (χ3v) is 5.41. The van der Waals surface area contributed by atoms with Crippen LogP contribution in [0.1, 0.15) is 31.7 Å². The van der Waals surface area contributed by atoms with Gasteiger partial charge in [0.25, 0.3) is 0 Å². The van der Waals surface area contributed by atoms with Crippen LogP contribution in [0.2, 0.25) is 0 Å². The van der Waals surface area contributed by atoms with Crippen LogP contribution in [0.5, 0.6) is 0 Å². The Hall–Kier alpha value is -2.38. The summed E-state index contributed by atoms with van der Waals surface area (Å²) in [5, 5.41) is 4.42. The maximum Gasteiger partial charge on any atom is 0.248 e. The Labute approximate surface area is 172 Å². The van der Waals surface area contributed by atoms with E-state index >= 15 is 0 Å². The first-order valence-electron chi connectivity index (χ1n) is 10.2. The van der Waals surface area contributed by atoms with E-state index in [-0.39, 0.29) is 12.5 Å². The zero-order valence-electron chi connectivity index (χ0n) is 17.6. The zero-order chi connectivity index (χ0) is 20.6. The third-order valence-electron chi connectivity index (χ3n) is 5.41. The third kappa shape index (κ3) is 5.16. The van der Waals surface area contributed by atoms with Crippen molar-refractivity contribution in [2.75, 3.05) is 45.4 Å². The monoisotopic (exact) mass is 401 g/mol. The molecule has 158 valence electrons. The van der Waals surface area contributed by atoms with E-state index in [0.717, 1.165) is 42.1 Å². The van der Waals surface area contributed by atoms with Crippen molar-refractivity contribution < 1.29 is 18.8 Å². The van der Waals surface area contributed by atoms with E-state index in [1.165, 1.54) is 13.5 Å². The normalized spacial score (nSPS) is 16.8. The van der Waals surface area contributed by atoms with E-state index in [4.69, 9.17) is 14.0 Å². The Morgan fingerprint density at radius 2 is 2.03 bits per heavy atom. The standard InChI is InChI=1S/C22H31N3O4/c1-17-9-7-8-12-25(17)22-19(15-24(13-14-27-2)20(26)16-28-3)21(23-29-22)18-10-5-4-6-11-18/h4-6,10-11,17H,7-9,12-16H2,1-3H3. The van der Waals surface area contributed by atoms with Gasteiger partial charge in [0.1, 0.15) is 12.3 Å². The number of hydrogen-bond acceptors (Lipinski definition) is 6. The Morgan fingerprint density at radius 3 is 2.72 bits per heavy atom. The molecule has 2 heterocycles. The molecule has 0 saturated carbocycles. The molecule has 1 fully saturated rings. The fraction of sp³-hybridized carbons (Fsp3) is 0.545. The topological polar surface area (TPSA) is 68.0 Å². The Kier molecular flexibility index (Phi) is 7.66. The zero-order valence-corrected chi connectivity index (χ0v) is 17.6. The second kappa shape index (κ2) is 10.4. The first-order valence-corrected chi connectivity index (χ1v) is 10.2. The minimum Gasteiger partial charge on any atom is -0.383 e. The number of rotatable bonds is 9. The summed E-state index contributed by atoms with van der Waals surface area (Å²) in [6, 6.07) is 10.3. The molecule has 1 aromatic carbocycles. The number of carbonyl (C=O) groups excluding carboxylic acids is 1. The van der Waals surface area contributed by atoms with Crippen molar-refractivity contribution in [1.82, 2.24) is 10.1 Å². The van der Waals surface area contributed by atoms with Crippen molar-refractivity contribution in [1.29, 1.82) is 0 Å². The van der Waals surface area contributed by atoms with Gasteiger partial charge in [0, 0.05) is 38.9 Å². The van der Waals surface area contributed by atoms with Gasteiger partial charge >= 0.3 is 0 Å². The van der Waals surface area contributed by atoms with Gasteiger partial charge in [-0.1, -0.05) is 35.5 Å². The predicted octanol–water partition coefficient (Wildman–Crippen LogP) is 3.34. The largest absolute Gasteiger partial charge is 0.383 e. The first kappa shape index (κ1) is 21.3. The Bertz CT molecular complexity index is 778. The summed E-state index contributed by atoms with van der Waals surface area (Å²) in [6.45, 7) is 4.51. The van der Waals surface area contributed by atoms with Crippen LogP contribution in [0, 0.1) is 0 Å². The maximum atomic E-state index is 12.7. The van der Waals surface area contributed by atoms with Crippen LogP contribution >= 0.6 is 0 Å². The van der Waals surface area contributed by atoms with Crippen LogP contribution in [0.4, 0.5) is 5.88 Å². The van der Waals surface area contributed by atoms with Crippen LogP contribution in [0.25, 0.3) is 11.3 Å². The molecule has 1 aliphatic rings. The molecule has 1 unspecified atom stereocenters. The summed E-state index contributed by atoms with van der Waals surface area (Å²) in [5.74, 6) is 0.686. The van der Waals surface area contributed by atoms with Gasteiger partial charge in [0.2, 0.25) is 11.8 Å². The van der Waals surface area contributed by atoms with Gasteiger partial charge in [-0.2, -0.15) is 0 Å². The summed E-state index contributed by atoms with van der Waals surface area (Å²) in [6.07, 6.45) is 3.47. The van der Waals surface area contributed by atoms with Crippen LogP contribution in [0.15, 0.2) is 34.9 Å². The van der Waals surface area contributed by atoms with E-state index < -0.39 is 0 Å². The number of nitrogens with zero attached hydrogens (tertiary/aromatic N) is 3. The lowest BCUT2D eigenvalue weighted by Crippen LogP contribution is -2.39. The summed E-state index contributed by atoms with van der Waals surface area (Å²) in [7, 11) is 3.16. The minimum atomic E-state index is -0.0811. The number of ether oxygens (including phenoxy) is 2. The lowest BCUT2D eigenvalue weighted by atomic mass is 10.0. The Morgan fingerprint density at radius 1 is 1.24 bits per heavy atom. The van der Waals surface area contributed by atoms with Crippen molar-refractivity contribution in [3.63, 3.8) is 0 Å². The summed E-state index contributed by atoms with van der Waals surface area (Å²) in [5.41, 5.74) is 2.70. The molecule has 1 aliphatic heterocycles. The lowest BCUT2D eigenvalue weighted by molar-refractivity contribution is -0.136. The SMILES string of the molecule is COCCN(Cc1c(-c2ccccc2)noc1N1CCCCC1C)C(=O)COC. The number of amides is 1. The van der Waals surface area contributed by atoms with E-state index in [1.807, 2.05) is 30.3 Å². The highest BCUT2D eigenvalue weighted by molar-refractivity contribution is 5.78. The van der Waals surface area contributed by atoms with E-state index in [1.54, 1.807) is 12.0 Å². The molecule has 0 radical (unpaired) electrons. The van der Waals surface area contributed by atoms with Crippen molar-refractivity contribution >= 4 is 11.8 Å². The molecular weight excluding hydrogens is 370 g/mol. The fourth-order valence-corrected chi connectivity index (χ4v) is 3.79. The van der Waals surface area contributed by atoms with Gasteiger partial charge in [0.05, 0.1) is 18.7 Å². The van der Waals surface area contributed by atoms with Crippen LogP contribution in [0.3, 0.4) is 0 Å².